The van der Waals surface area contributed by atoms with E-state index in [-0.39, 0.29) is 29.6 Å². The number of benzene rings is 3. The molecule has 0 radical (unpaired) electrons. The summed E-state index contributed by atoms with van der Waals surface area (Å²) >= 11 is 2.14. The second kappa shape index (κ2) is 10.1. The van der Waals surface area contributed by atoms with Gasteiger partial charge in [-0.2, -0.15) is 0 Å². The fourth-order valence-electron chi connectivity index (χ4n) is 3.48. The maximum Gasteiger partial charge on any atom is 0.335 e. The largest absolute Gasteiger partial charge is 0.493 e. The Kier molecular flexibility index (Phi) is 6.92. The van der Waals surface area contributed by atoms with E-state index in [0.29, 0.717) is 27.6 Å². The van der Waals surface area contributed by atoms with Gasteiger partial charge in [0.1, 0.15) is 0 Å². The van der Waals surface area contributed by atoms with Crippen LogP contribution in [-0.2, 0) is 6.54 Å². The highest BCUT2D eigenvalue weighted by Gasteiger charge is 2.13. The zero-order chi connectivity index (χ0) is 25.1. The van der Waals surface area contributed by atoms with E-state index in [4.69, 9.17) is 5.11 Å². The number of hydrogen-bond donors (Lipinski definition) is 4. The second-order valence-corrected chi connectivity index (χ2v) is 8.98. The molecule has 0 aliphatic carbocycles. The van der Waals surface area contributed by atoms with Crippen LogP contribution >= 0.6 is 22.6 Å². The van der Waals surface area contributed by atoms with Crippen LogP contribution in [0.5, 0.6) is 5.88 Å². The van der Waals surface area contributed by atoms with E-state index in [0.717, 1.165) is 9.13 Å². The first-order valence-electron chi connectivity index (χ1n) is 10.4. The number of aromatic amines is 1. The van der Waals surface area contributed by atoms with Crippen LogP contribution in [0.2, 0.25) is 0 Å². The number of aromatic nitrogens is 1. The Labute approximate surface area is 213 Å². The molecule has 4 aromatic rings. The molecule has 2 amide bonds. The van der Waals surface area contributed by atoms with E-state index in [1.165, 1.54) is 18.2 Å². The van der Waals surface area contributed by atoms with Crippen LogP contribution in [0.4, 0.5) is 5.69 Å². The number of aryl methyl sites for hydroxylation is 1. The quantitative estimate of drug-likeness (QED) is 0.179. The first-order chi connectivity index (χ1) is 16.7. The summed E-state index contributed by atoms with van der Waals surface area (Å²) in [6.45, 7) is 1.85. The molecule has 10 heteroatoms. The topological polar surface area (TPSA) is 144 Å². The van der Waals surface area contributed by atoms with Crippen molar-refractivity contribution >= 4 is 57.0 Å². The molecule has 9 nitrogen and oxygen atoms in total. The standard InChI is InChI=1S/C25H19IN4O5/c1-13-10-16(6-8-18(13)25(34)35)22(31)27-12-14-2-4-15(5-3-14)23(32)30-29-21-19-11-17(26)7-9-20(19)28-24(21)33/h2-11,28,33H,12H2,1H3,(H,27,31)(H,34,35). The molecule has 0 aliphatic heterocycles. The number of H-pyrrole nitrogens is 1. The molecule has 1 aromatic heterocycles. The molecule has 0 atom stereocenters. The molecular formula is C25H19IN4O5. The number of halogens is 1. The van der Waals surface area contributed by atoms with Crippen molar-refractivity contribution in [2.75, 3.05) is 0 Å². The number of hydrogen-bond acceptors (Lipinski definition) is 5. The first-order valence-corrected chi connectivity index (χ1v) is 11.5. The zero-order valence-electron chi connectivity index (χ0n) is 18.4. The minimum absolute atomic E-state index is 0.147. The van der Waals surface area contributed by atoms with Gasteiger partial charge < -0.3 is 20.5 Å². The number of nitrogens with zero attached hydrogens (tertiary/aromatic N) is 2. The number of fused-ring (bicyclic) bond motifs is 1. The van der Waals surface area contributed by atoms with Gasteiger partial charge in [-0.15, -0.1) is 10.2 Å². The number of azo groups is 1. The molecule has 0 spiro atoms. The summed E-state index contributed by atoms with van der Waals surface area (Å²) < 4.78 is 0.951. The molecule has 0 fully saturated rings. The van der Waals surface area contributed by atoms with E-state index >= 15 is 0 Å². The Hall–Kier alpha value is -4.06. The fourth-order valence-corrected chi connectivity index (χ4v) is 3.98. The van der Waals surface area contributed by atoms with E-state index in [1.54, 1.807) is 37.3 Å². The zero-order valence-corrected chi connectivity index (χ0v) is 20.5. The molecule has 0 saturated carbocycles. The van der Waals surface area contributed by atoms with Crippen LogP contribution < -0.4 is 5.32 Å². The van der Waals surface area contributed by atoms with E-state index in [1.807, 2.05) is 12.1 Å². The van der Waals surface area contributed by atoms with Crippen LogP contribution in [-0.4, -0.2) is 33.0 Å². The Bertz CT molecular complexity index is 1490. The van der Waals surface area contributed by atoms with Gasteiger partial charge in [-0.3, -0.25) is 9.59 Å². The van der Waals surface area contributed by atoms with Gasteiger partial charge in [0.05, 0.1) is 11.1 Å². The molecule has 1 heterocycles. The highest BCUT2D eigenvalue weighted by atomic mass is 127. The van der Waals surface area contributed by atoms with Gasteiger partial charge >= 0.3 is 5.97 Å². The minimum Gasteiger partial charge on any atom is -0.493 e. The summed E-state index contributed by atoms with van der Waals surface area (Å²) in [5, 5.41) is 30.3. The molecule has 3 aromatic carbocycles. The number of aromatic hydroxyl groups is 1. The third kappa shape index (κ3) is 5.38. The van der Waals surface area contributed by atoms with Gasteiger partial charge in [-0.25, -0.2) is 4.79 Å². The lowest BCUT2D eigenvalue weighted by Gasteiger charge is -2.08. The van der Waals surface area contributed by atoms with Crippen molar-refractivity contribution in [2.24, 2.45) is 10.2 Å². The summed E-state index contributed by atoms with van der Waals surface area (Å²) in [4.78, 5) is 38.8. The number of carboxylic acids is 1. The Morgan fingerprint density at radius 3 is 2.40 bits per heavy atom. The number of nitrogens with one attached hydrogen (secondary N) is 2. The highest BCUT2D eigenvalue weighted by molar-refractivity contribution is 14.1. The summed E-state index contributed by atoms with van der Waals surface area (Å²) in [5.41, 5.74) is 2.94. The Balaban J connectivity index is 1.40. The molecule has 176 valence electrons. The van der Waals surface area contributed by atoms with Crippen molar-refractivity contribution in [3.05, 3.63) is 92.1 Å². The van der Waals surface area contributed by atoms with Crippen molar-refractivity contribution in [1.29, 1.82) is 0 Å². The molecular weight excluding hydrogens is 563 g/mol. The number of rotatable bonds is 6. The molecule has 0 saturated heterocycles. The second-order valence-electron chi connectivity index (χ2n) is 7.73. The third-order valence-corrected chi connectivity index (χ3v) is 6.00. The van der Waals surface area contributed by atoms with Crippen molar-refractivity contribution in [1.82, 2.24) is 10.3 Å². The SMILES string of the molecule is Cc1cc(C(=O)NCc2ccc(C(=O)N=Nc3c(O)[nH]c4ccc(I)cc34)cc2)ccc1C(=O)O. The molecule has 4 rings (SSSR count). The number of carbonyl (C=O) groups is 3. The number of carboxylic acid groups (broad SMARTS) is 1. The average Bonchev–Trinajstić information content (AvgIpc) is 3.15. The van der Waals surface area contributed by atoms with Crippen LogP contribution in [0.15, 0.2) is 70.9 Å². The number of carbonyl (C=O) groups excluding carboxylic acids is 2. The van der Waals surface area contributed by atoms with E-state index < -0.39 is 11.9 Å². The molecule has 4 N–H and O–H groups in total. The predicted octanol–water partition coefficient (Wildman–Crippen LogP) is 5.34. The van der Waals surface area contributed by atoms with Crippen molar-refractivity contribution in [2.45, 2.75) is 13.5 Å². The normalized spacial score (nSPS) is 11.1. The summed E-state index contributed by atoms with van der Waals surface area (Å²) in [6.07, 6.45) is 0. The van der Waals surface area contributed by atoms with E-state index in [2.05, 4.69) is 43.1 Å². The smallest absolute Gasteiger partial charge is 0.335 e. The monoisotopic (exact) mass is 582 g/mol. The van der Waals surface area contributed by atoms with Gasteiger partial charge in [0.15, 0.2) is 5.69 Å². The Morgan fingerprint density at radius 2 is 1.71 bits per heavy atom. The molecule has 0 bridgehead atoms. The summed E-state index contributed by atoms with van der Waals surface area (Å²) in [5.74, 6) is -2.13. The molecule has 0 unspecified atom stereocenters. The van der Waals surface area contributed by atoms with E-state index in [9.17, 15) is 19.5 Å². The predicted molar refractivity (Wildman–Crippen MR) is 137 cm³/mol. The summed E-state index contributed by atoms with van der Waals surface area (Å²) in [6, 6.07) is 16.4. The lowest BCUT2D eigenvalue weighted by atomic mass is 10.0. The average molecular weight is 582 g/mol. The fraction of sp³-hybridized carbons (Fsp3) is 0.0800. The van der Waals surface area contributed by atoms with Gasteiger partial charge in [0.25, 0.3) is 11.8 Å². The molecule has 0 aliphatic rings. The van der Waals surface area contributed by atoms with Crippen molar-refractivity contribution in [3.8, 4) is 5.88 Å². The van der Waals surface area contributed by atoms with Gasteiger partial charge in [-0.1, -0.05) is 12.1 Å². The van der Waals surface area contributed by atoms with Gasteiger partial charge in [0.2, 0.25) is 5.88 Å². The highest BCUT2D eigenvalue weighted by Crippen LogP contribution is 2.36. The minimum atomic E-state index is -1.04. The van der Waals surface area contributed by atoms with Crippen molar-refractivity contribution in [3.63, 3.8) is 0 Å². The third-order valence-electron chi connectivity index (χ3n) is 5.33. The number of amides is 2. The van der Waals surface area contributed by atoms with Crippen LogP contribution in [0.3, 0.4) is 0 Å². The lowest BCUT2D eigenvalue weighted by molar-refractivity contribution is 0.0695. The van der Waals surface area contributed by atoms with Crippen LogP contribution in [0.25, 0.3) is 10.9 Å². The maximum absolute atomic E-state index is 12.5. The lowest BCUT2D eigenvalue weighted by Crippen LogP contribution is -2.23. The van der Waals surface area contributed by atoms with Crippen molar-refractivity contribution < 1.29 is 24.6 Å². The van der Waals surface area contributed by atoms with Gasteiger partial charge in [0, 0.05) is 26.6 Å². The Morgan fingerprint density at radius 1 is 1.00 bits per heavy atom. The summed E-state index contributed by atoms with van der Waals surface area (Å²) in [7, 11) is 0. The number of aromatic carboxylic acids is 1. The molecule has 35 heavy (non-hydrogen) atoms. The maximum atomic E-state index is 12.5. The van der Waals surface area contributed by atoms with Gasteiger partial charge in [-0.05, 0) is 89.2 Å². The van der Waals surface area contributed by atoms with Crippen LogP contribution in [0, 0.1) is 10.5 Å². The first kappa shape index (κ1) is 24.1. The van der Waals surface area contributed by atoms with Crippen LogP contribution in [0.1, 0.15) is 42.2 Å².